The maximum Gasteiger partial charge on any atom is 0.0615 e. The molecule has 2 atom stereocenters. The van der Waals surface area contributed by atoms with E-state index in [0.717, 1.165) is 19.5 Å². The van der Waals surface area contributed by atoms with Crippen molar-refractivity contribution >= 4 is 22.9 Å². The summed E-state index contributed by atoms with van der Waals surface area (Å²) in [5.74, 6) is 0.0608. The van der Waals surface area contributed by atoms with E-state index in [1.54, 1.807) is 0 Å². The summed E-state index contributed by atoms with van der Waals surface area (Å²) in [4.78, 5) is 0. The van der Waals surface area contributed by atoms with E-state index in [9.17, 15) is 5.11 Å². The number of aliphatic hydroxyl groups excluding tert-OH is 2. The molecule has 0 aliphatic carbocycles. The van der Waals surface area contributed by atoms with Crippen molar-refractivity contribution in [2.75, 3.05) is 19.7 Å². The summed E-state index contributed by atoms with van der Waals surface area (Å²) >= 11 is 2.22. The third-order valence-electron chi connectivity index (χ3n) is 1.88. The minimum Gasteiger partial charge on any atom is -0.396 e. The molecule has 2 N–H and O–H groups in total. The van der Waals surface area contributed by atoms with Gasteiger partial charge in [-0.2, -0.15) is 0 Å². The van der Waals surface area contributed by atoms with Gasteiger partial charge in [-0.15, -0.1) is 0 Å². The number of hydrogen-bond acceptors (Lipinski definition) is 3. The van der Waals surface area contributed by atoms with E-state index in [4.69, 9.17) is 5.11 Å². The van der Waals surface area contributed by atoms with E-state index in [1.165, 1.54) is 0 Å². The molecule has 0 amide bonds. The summed E-state index contributed by atoms with van der Waals surface area (Å²) in [5.41, 5.74) is 0. The highest BCUT2D eigenvalue weighted by molar-refractivity contribution is 14.1. The van der Waals surface area contributed by atoms with Crippen LogP contribution in [0.25, 0.3) is 0 Å². The van der Waals surface area contributed by atoms with Gasteiger partial charge in [-0.05, 0) is 6.42 Å². The molecule has 1 saturated heterocycles. The minimum absolute atomic E-state index is 0.0608. The van der Waals surface area contributed by atoms with Gasteiger partial charge in [-0.25, -0.2) is 3.11 Å². The highest BCUT2D eigenvalue weighted by Gasteiger charge is 2.25. The molecule has 1 rings (SSSR count). The maximum atomic E-state index is 9.30. The number of piperidine rings is 1. The predicted octanol–water partition coefficient (Wildman–Crippen LogP) is 0.0115. The van der Waals surface area contributed by atoms with Gasteiger partial charge in [0.15, 0.2) is 0 Å². The Bertz CT molecular complexity index is 112. The van der Waals surface area contributed by atoms with Gasteiger partial charge in [0.05, 0.1) is 6.10 Å². The van der Waals surface area contributed by atoms with Crippen molar-refractivity contribution in [3.05, 3.63) is 0 Å². The second-order valence-electron chi connectivity index (χ2n) is 2.67. The smallest absolute Gasteiger partial charge is 0.0615 e. The van der Waals surface area contributed by atoms with E-state index in [-0.39, 0.29) is 18.6 Å². The van der Waals surface area contributed by atoms with Crippen LogP contribution < -0.4 is 0 Å². The number of nitrogens with zero attached hydrogens (tertiary/aromatic N) is 1. The van der Waals surface area contributed by atoms with Gasteiger partial charge >= 0.3 is 0 Å². The van der Waals surface area contributed by atoms with Crippen LogP contribution in [0.4, 0.5) is 0 Å². The minimum atomic E-state index is -0.295. The van der Waals surface area contributed by atoms with E-state index in [2.05, 4.69) is 26.0 Å². The lowest BCUT2D eigenvalue weighted by Gasteiger charge is -2.31. The van der Waals surface area contributed by atoms with Crippen LogP contribution in [0.5, 0.6) is 0 Å². The fraction of sp³-hybridized carbons (Fsp3) is 1.00. The van der Waals surface area contributed by atoms with Crippen LogP contribution in [0.15, 0.2) is 0 Å². The molecule has 0 aromatic heterocycles. The highest BCUT2D eigenvalue weighted by Crippen LogP contribution is 2.18. The monoisotopic (exact) mass is 257 g/mol. The van der Waals surface area contributed by atoms with Gasteiger partial charge in [-0.3, -0.25) is 0 Å². The molecule has 1 aliphatic rings. The van der Waals surface area contributed by atoms with Crippen LogP contribution in [0.3, 0.4) is 0 Å². The average molecular weight is 257 g/mol. The Labute approximate surface area is 74.5 Å². The quantitative estimate of drug-likeness (QED) is 0.514. The SMILES string of the molecule is OCC1CN(I)CCC1O. The molecule has 0 aromatic carbocycles. The second kappa shape index (κ2) is 3.85. The molecular formula is C6H12INO2. The Morgan fingerprint density at radius 3 is 2.80 bits per heavy atom. The lowest BCUT2D eigenvalue weighted by molar-refractivity contribution is 0.0293. The zero-order valence-electron chi connectivity index (χ0n) is 5.70. The van der Waals surface area contributed by atoms with E-state index >= 15 is 0 Å². The molecule has 0 bridgehead atoms. The van der Waals surface area contributed by atoms with Gasteiger partial charge in [0.25, 0.3) is 0 Å². The van der Waals surface area contributed by atoms with Gasteiger partial charge in [0.1, 0.15) is 0 Å². The first-order valence-corrected chi connectivity index (χ1v) is 4.40. The Morgan fingerprint density at radius 1 is 1.60 bits per heavy atom. The molecule has 4 heteroatoms. The molecule has 0 spiro atoms. The van der Waals surface area contributed by atoms with Crippen LogP contribution in [-0.4, -0.2) is 39.1 Å². The van der Waals surface area contributed by atoms with Crippen molar-refractivity contribution in [1.82, 2.24) is 3.11 Å². The first-order chi connectivity index (χ1) is 4.74. The first-order valence-electron chi connectivity index (χ1n) is 3.43. The summed E-state index contributed by atoms with van der Waals surface area (Å²) in [6.07, 6.45) is 0.491. The van der Waals surface area contributed by atoms with Crippen LogP contribution in [0.2, 0.25) is 0 Å². The molecule has 2 unspecified atom stereocenters. The van der Waals surface area contributed by atoms with Gasteiger partial charge in [0.2, 0.25) is 0 Å². The molecule has 1 heterocycles. The third kappa shape index (κ3) is 2.05. The molecule has 1 fully saturated rings. The summed E-state index contributed by atoms with van der Waals surface area (Å²) < 4.78 is 2.10. The fourth-order valence-electron chi connectivity index (χ4n) is 1.15. The summed E-state index contributed by atoms with van der Waals surface area (Å²) in [7, 11) is 0. The lowest BCUT2D eigenvalue weighted by Crippen LogP contribution is -2.40. The van der Waals surface area contributed by atoms with Crippen molar-refractivity contribution in [2.45, 2.75) is 12.5 Å². The van der Waals surface area contributed by atoms with Gasteiger partial charge < -0.3 is 10.2 Å². The Morgan fingerprint density at radius 2 is 2.30 bits per heavy atom. The number of hydrogen-bond donors (Lipinski definition) is 2. The number of aliphatic hydroxyl groups is 2. The lowest BCUT2D eigenvalue weighted by atomic mass is 9.97. The predicted molar refractivity (Wildman–Crippen MR) is 46.8 cm³/mol. The Kier molecular flexibility index (Phi) is 3.35. The summed E-state index contributed by atoms with van der Waals surface area (Å²) in [6.45, 7) is 1.83. The molecule has 10 heavy (non-hydrogen) atoms. The van der Waals surface area contributed by atoms with Gasteiger partial charge in [-0.1, -0.05) is 0 Å². The van der Waals surface area contributed by atoms with E-state index < -0.39 is 0 Å². The number of rotatable bonds is 1. The molecule has 0 aromatic rings. The van der Waals surface area contributed by atoms with Crippen LogP contribution >= 0.6 is 22.9 Å². The molecule has 0 saturated carbocycles. The zero-order valence-corrected chi connectivity index (χ0v) is 7.86. The summed E-state index contributed by atoms with van der Waals surface area (Å²) in [6, 6.07) is 0. The highest BCUT2D eigenvalue weighted by atomic mass is 127. The molecule has 1 aliphatic heterocycles. The first kappa shape index (κ1) is 8.70. The van der Waals surface area contributed by atoms with Gasteiger partial charge in [0, 0.05) is 48.5 Å². The fourth-order valence-corrected chi connectivity index (χ4v) is 1.94. The Hall–Kier alpha value is 0.610. The molecule has 0 radical (unpaired) electrons. The van der Waals surface area contributed by atoms with E-state index in [1.807, 2.05) is 0 Å². The Balaban J connectivity index is 2.38. The molecular weight excluding hydrogens is 245 g/mol. The van der Waals surface area contributed by atoms with E-state index in [0.29, 0.717) is 0 Å². The standard InChI is InChI=1S/C6H12INO2/c7-8-2-1-6(10)5(3-8)4-9/h5-6,9-10H,1-4H2. The maximum absolute atomic E-state index is 9.30. The van der Waals surface area contributed by atoms with Crippen LogP contribution in [0, 0.1) is 5.92 Å². The average Bonchev–Trinajstić information content (AvgIpc) is 1.94. The molecule has 60 valence electrons. The normalized spacial score (nSPS) is 36.3. The van der Waals surface area contributed by atoms with Crippen LogP contribution in [0.1, 0.15) is 6.42 Å². The second-order valence-corrected chi connectivity index (χ2v) is 4.03. The molecule has 3 nitrogen and oxygen atoms in total. The zero-order chi connectivity index (χ0) is 7.56. The van der Waals surface area contributed by atoms with Crippen molar-refractivity contribution in [3.8, 4) is 0 Å². The third-order valence-corrected chi connectivity index (χ3v) is 2.76. The largest absolute Gasteiger partial charge is 0.396 e. The van der Waals surface area contributed by atoms with Crippen molar-refractivity contribution < 1.29 is 10.2 Å². The number of halogens is 1. The topological polar surface area (TPSA) is 43.7 Å². The van der Waals surface area contributed by atoms with Crippen LogP contribution in [-0.2, 0) is 0 Å². The van der Waals surface area contributed by atoms with Crippen molar-refractivity contribution in [1.29, 1.82) is 0 Å². The van der Waals surface area contributed by atoms with Crippen molar-refractivity contribution in [2.24, 2.45) is 5.92 Å². The van der Waals surface area contributed by atoms with Crippen molar-refractivity contribution in [3.63, 3.8) is 0 Å². The summed E-state index contributed by atoms with van der Waals surface area (Å²) in [5, 5.41) is 18.1.